The third-order valence-corrected chi connectivity index (χ3v) is 5.88. The molecule has 2 aromatic carbocycles. The van der Waals surface area contributed by atoms with Crippen molar-refractivity contribution in [2.75, 3.05) is 20.3 Å². The predicted octanol–water partition coefficient (Wildman–Crippen LogP) is 2.29. The normalized spacial score (nSPS) is 13.0. The van der Waals surface area contributed by atoms with Gasteiger partial charge in [-0.25, -0.2) is 9.59 Å². The molecule has 0 saturated carbocycles. The summed E-state index contributed by atoms with van der Waals surface area (Å²) in [6.45, 7) is 0.0399. The van der Waals surface area contributed by atoms with E-state index in [1.807, 2.05) is 48.5 Å². The Morgan fingerprint density at radius 3 is 2.29 bits per heavy atom. The van der Waals surface area contributed by atoms with E-state index in [0.717, 1.165) is 22.3 Å². The van der Waals surface area contributed by atoms with Gasteiger partial charge in [0.1, 0.15) is 18.3 Å². The molecule has 0 fully saturated rings. The van der Waals surface area contributed by atoms with E-state index < -0.39 is 24.0 Å². The number of fused-ring (bicyclic) bond motifs is 3. The first-order chi connectivity index (χ1) is 16.9. The second-order valence-corrected chi connectivity index (χ2v) is 8.15. The second-order valence-electron chi connectivity index (χ2n) is 8.15. The molecule has 182 valence electrons. The van der Waals surface area contributed by atoms with Crippen molar-refractivity contribution in [1.82, 2.24) is 20.4 Å². The number of nitrogens with zero attached hydrogens (tertiary/aromatic N) is 2. The van der Waals surface area contributed by atoms with Gasteiger partial charge < -0.3 is 25.2 Å². The van der Waals surface area contributed by atoms with Gasteiger partial charge in [0.25, 0.3) is 0 Å². The summed E-state index contributed by atoms with van der Waals surface area (Å²) < 4.78 is 11.8. The zero-order valence-corrected chi connectivity index (χ0v) is 19.4. The fourth-order valence-electron chi connectivity index (χ4n) is 4.25. The summed E-state index contributed by atoms with van der Waals surface area (Å²) in [5, 5.41) is 18.4. The van der Waals surface area contributed by atoms with Crippen molar-refractivity contribution < 1.29 is 29.0 Å². The molecular formula is C25H26N4O6. The van der Waals surface area contributed by atoms with E-state index in [0.29, 0.717) is 5.69 Å². The number of carboxylic acids is 1. The van der Waals surface area contributed by atoms with E-state index in [9.17, 15) is 14.4 Å². The van der Waals surface area contributed by atoms with Gasteiger partial charge in [-0.1, -0.05) is 48.5 Å². The van der Waals surface area contributed by atoms with Crippen LogP contribution >= 0.6 is 0 Å². The second kappa shape index (κ2) is 10.4. The molecule has 1 aliphatic carbocycles. The molecule has 4 rings (SSSR count). The third-order valence-electron chi connectivity index (χ3n) is 5.88. The Labute approximate surface area is 201 Å². The van der Waals surface area contributed by atoms with E-state index in [1.165, 1.54) is 24.9 Å². The Bertz CT molecular complexity index is 1210. The molecular weight excluding hydrogens is 452 g/mol. The minimum Gasteiger partial charge on any atom is -0.477 e. The van der Waals surface area contributed by atoms with Crippen LogP contribution in [0.15, 0.2) is 54.6 Å². The van der Waals surface area contributed by atoms with Gasteiger partial charge in [-0.15, -0.1) is 0 Å². The number of hydrogen-bond donors (Lipinski definition) is 3. The van der Waals surface area contributed by atoms with Crippen molar-refractivity contribution in [1.29, 1.82) is 0 Å². The maximum atomic E-state index is 12.6. The largest absolute Gasteiger partial charge is 0.477 e. The van der Waals surface area contributed by atoms with Gasteiger partial charge in [-0.3, -0.25) is 9.48 Å². The summed E-state index contributed by atoms with van der Waals surface area (Å²) in [5.41, 5.74) is 4.78. The highest BCUT2D eigenvalue weighted by Gasteiger charge is 2.30. The number of hydrogen-bond acceptors (Lipinski definition) is 6. The quantitative estimate of drug-likeness (QED) is 0.430. The molecule has 0 radical (unpaired) electrons. The zero-order chi connectivity index (χ0) is 24.9. The van der Waals surface area contributed by atoms with Gasteiger partial charge in [0.2, 0.25) is 5.91 Å². The lowest BCUT2D eigenvalue weighted by molar-refractivity contribution is -0.124. The summed E-state index contributed by atoms with van der Waals surface area (Å²) in [4.78, 5) is 36.4. The molecule has 10 heteroatoms. The van der Waals surface area contributed by atoms with Crippen LogP contribution in [-0.2, 0) is 27.9 Å². The number of ether oxygens (including phenoxy) is 2. The number of rotatable bonds is 9. The molecule has 1 atom stereocenters. The van der Waals surface area contributed by atoms with Crippen LogP contribution in [0.2, 0.25) is 0 Å². The minimum atomic E-state index is -1.12. The highest BCUT2D eigenvalue weighted by atomic mass is 16.5. The standard InChI is InChI=1S/C25H26N4O6/c1-29-22(24(31)32)11-15(28-29)12-26-23(30)21(14-34-2)27-25(33)35-13-20-18-9-5-3-7-16(18)17-8-4-6-10-19(17)20/h3-11,20-21H,12-14H2,1-2H3,(H,26,30)(H,27,33)(H,31,32)/t21-/m0/s1. The molecule has 0 saturated heterocycles. The van der Waals surface area contributed by atoms with Crippen molar-refractivity contribution in [3.63, 3.8) is 0 Å². The van der Waals surface area contributed by atoms with Crippen LogP contribution < -0.4 is 10.6 Å². The van der Waals surface area contributed by atoms with Gasteiger partial charge >= 0.3 is 12.1 Å². The van der Waals surface area contributed by atoms with Crippen molar-refractivity contribution >= 4 is 18.0 Å². The molecule has 1 aromatic heterocycles. The lowest BCUT2D eigenvalue weighted by Crippen LogP contribution is -2.49. The number of amides is 2. The molecule has 0 aliphatic heterocycles. The lowest BCUT2D eigenvalue weighted by atomic mass is 9.98. The molecule has 0 spiro atoms. The number of aromatic carboxylic acids is 1. The lowest BCUT2D eigenvalue weighted by Gasteiger charge is -2.19. The third kappa shape index (κ3) is 5.17. The molecule has 1 heterocycles. The fourth-order valence-corrected chi connectivity index (χ4v) is 4.25. The Morgan fingerprint density at radius 1 is 1.09 bits per heavy atom. The summed E-state index contributed by atoms with van der Waals surface area (Å²) in [5.74, 6) is -1.73. The van der Waals surface area contributed by atoms with Crippen LogP contribution in [0.5, 0.6) is 0 Å². The number of carbonyl (C=O) groups is 3. The monoisotopic (exact) mass is 478 g/mol. The van der Waals surface area contributed by atoms with E-state index >= 15 is 0 Å². The van der Waals surface area contributed by atoms with Gasteiger partial charge in [-0.2, -0.15) is 5.10 Å². The Balaban J connectivity index is 1.35. The minimum absolute atomic E-state index is 0.000506. The number of methoxy groups -OCH3 is 1. The molecule has 3 N–H and O–H groups in total. The van der Waals surface area contributed by atoms with Crippen molar-refractivity contribution in [2.24, 2.45) is 7.05 Å². The predicted molar refractivity (Wildman–Crippen MR) is 126 cm³/mol. The molecule has 10 nitrogen and oxygen atoms in total. The average molecular weight is 479 g/mol. The topological polar surface area (TPSA) is 132 Å². The van der Waals surface area contributed by atoms with Gasteiger partial charge in [-0.05, 0) is 28.3 Å². The van der Waals surface area contributed by atoms with Gasteiger partial charge in [0, 0.05) is 20.1 Å². The van der Waals surface area contributed by atoms with Crippen LogP contribution in [0, 0.1) is 0 Å². The summed E-state index contributed by atoms with van der Waals surface area (Å²) in [7, 11) is 2.92. The van der Waals surface area contributed by atoms with Crippen LogP contribution in [0.3, 0.4) is 0 Å². The Hall–Kier alpha value is -4.18. The highest BCUT2D eigenvalue weighted by Crippen LogP contribution is 2.44. The van der Waals surface area contributed by atoms with Gasteiger partial charge in [0.15, 0.2) is 0 Å². The number of benzene rings is 2. The van der Waals surface area contributed by atoms with E-state index in [4.69, 9.17) is 14.6 Å². The first-order valence-electron chi connectivity index (χ1n) is 11.0. The SMILES string of the molecule is COC[C@H](NC(=O)OCC1c2ccccc2-c2ccccc21)C(=O)NCc1cc(C(=O)O)n(C)n1. The van der Waals surface area contributed by atoms with E-state index in [1.54, 1.807) is 0 Å². The summed E-state index contributed by atoms with van der Waals surface area (Å²) in [6, 6.07) is 16.4. The molecule has 0 bridgehead atoms. The van der Waals surface area contributed by atoms with Crippen LogP contribution in [0.25, 0.3) is 11.1 Å². The maximum absolute atomic E-state index is 12.6. The summed E-state index contributed by atoms with van der Waals surface area (Å²) in [6.07, 6.45) is -0.741. The Kier molecular flexibility index (Phi) is 7.11. The smallest absolute Gasteiger partial charge is 0.407 e. The van der Waals surface area contributed by atoms with Gasteiger partial charge in [0.05, 0.1) is 18.8 Å². The van der Waals surface area contributed by atoms with Crippen molar-refractivity contribution in [2.45, 2.75) is 18.5 Å². The number of aryl methyl sites for hydroxylation is 1. The Morgan fingerprint density at radius 2 is 1.71 bits per heavy atom. The first kappa shape index (κ1) is 24.0. The van der Waals surface area contributed by atoms with Crippen molar-refractivity contribution in [3.05, 3.63) is 77.1 Å². The fraction of sp³-hybridized carbons (Fsp3) is 0.280. The zero-order valence-electron chi connectivity index (χ0n) is 19.4. The number of aromatic nitrogens is 2. The molecule has 0 unspecified atom stereocenters. The number of carboxylic acid groups (broad SMARTS) is 1. The van der Waals surface area contributed by atoms with E-state index in [2.05, 4.69) is 15.7 Å². The number of alkyl carbamates (subject to hydrolysis) is 1. The summed E-state index contributed by atoms with van der Waals surface area (Å²) >= 11 is 0. The first-order valence-corrected chi connectivity index (χ1v) is 11.0. The van der Waals surface area contributed by atoms with Crippen LogP contribution in [-0.4, -0.2) is 59.2 Å². The molecule has 1 aliphatic rings. The molecule has 2 amide bonds. The van der Waals surface area contributed by atoms with Crippen LogP contribution in [0.1, 0.15) is 33.2 Å². The molecule has 35 heavy (non-hydrogen) atoms. The average Bonchev–Trinajstić information content (AvgIpc) is 3.38. The maximum Gasteiger partial charge on any atom is 0.407 e. The highest BCUT2D eigenvalue weighted by molar-refractivity contribution is 5.87. The number of nitrogens with one attached hydrogen (secondary N) is 2. The van der Waals surface area contributed by atoms with E-state index in [-0.39, 0.29) is 31.4 Å². The molecule has 3 aromatic rings. The van der Waals surface area contributed by atoms with Crippen LogP contribution in [0.4, 0.5) is 4.79 Å². The van der Waals surface area contributed by atoms with Crippen molar-refractivity contribution in [3.8, 4) is 11.1 Å². The number of carbonyl (C=O) groups excluding carboxylic acids is 2.